The standard InChI is InChI=1S/C17H28N4/c1-19(2)17(20(3)4)18-14-15-10-6-7-11-16(15)21-12-8-5-9-13-21/h6-7,10-11H,5,8-9,12-14H2,1-4H3. The summed E-state index contributed by atoms with van der Waals surface area (Å²) in [5, 5.41) is 0. The van der Waals surface area contributed by atoms with Gasteiger partial charge in [0.2, 0.25) is 0 Å². The van der Waals surface area contributed by atoms with E-state index in [1.54, 1.807) is 0 Å². The minimum Gasteiger partial charge on any atom is -0.371 e. The highest BCUT2D eigenvalue weighted by Crippen LogP contribution is 2.24. The summed E-state index contributed by atoms with van der Waals surface area (Å²) in [5.74, 6) is 1.00. The van der Waals surface area contributed by atoms with Crippen LogP contribution < -0.4 is 4.90 Å². The van der Waals surface area contributed by atoms with Crippen molar-refractivity contribution in [1.29, 1.82) is 0 Å². The minimum absolute atomic E-state index is 0.734. The first-order valence-corrected chi connectivity index (χ1v) is 7.81. The van der Waals surface area contributed by atoms with Crippen LogP contribution in [-0.4, -0.2) is 57.0 Å². The molecule has 116 valence electrons. The van der Waals surface area contributed by atoms with Crippen molar-refractivity contribution in [2.45, 2.75) is 25.8 Å². The Kier molecular flexibility index (Phi) is 5.48. The first-order valence-electron chi connectivity index (χ1n) is 7.81. The third-order valence-corrected chi connectivity index (χ3v) is 3.88. The maximum Gasteiger partial charge on any atom is 0.195 e. The summed E-state index contributed by atoms with van der Waals surface area (Å²) in [6.07, 6.45) is 3.97. The van der Waals surface area contributed by atoms with Gasteiger partial charge in [0.05, 0.1) is 6.54 Å². The number of anilines is 1. The molecule has 4 heteroatoms. The van der Waals surface area contributed by atoms with E-state index in [4.69, 9.17) is 4.99 Å². The van der Waals surface area contributed by atoms with Gasteiger partial charge in [-0.25, -0.2) is 4.99 Å². The Morgan fingerprint density at radius 1 is 1.00 bits per heavy atom. The Morgan fingerprint density at radius 3 is 2.24 bits per heavy atom. The molecule has 0 radical (unpaired) electrons. The summed E-state index contributed by atoms with van der Waals surface area (Å²) < 4.78 is 0. The summed E-state index contributed by atoms with van der Waals surface area (Å²) in [5.41, 5.74) is 2.68. The third kappa shape index (κ3) is 4.13. The quantitative estimate of drug-likeness (QED) is 0.630. The Hall–Kier alpha value is -1.71. The lowest BCUT2D eigenvalue weighted by Gasteiger charge is -2.30. The van der Waals surface area contributed by atoms with Gasteiger partial charge in [0.25, 0.3) is 0 Å². The van der Waals surface area contributed by atoms with Crippen LogP contribution >= 0.6 is 0 Å². The molecule has 0 amide bonds. The fourth-order valence-electron chi connectivity index (χ4n) is 2.93. The Morgan fingerprint density at radius 2 is 1.62 bits per heavy atom. The van der Waals surface area contributed by atoms with Crippen LogP contribution in [0.25, 0.3) is 0 Å². The number of aliphatic imine (C=N–C) groups is 1. The highest BCUT2D eigenvalue weighted by molar-refractivity contribution is 5.79. The summed E-state index contributed by atoms with van der Waals surface area (Å²) in [7, 11) is 8.15. The first kappa shape index (κ1) is 15.7. The molecule has 1 heterocycles. The monoisotopic (exact) mass is 288 g/mol. The maximum atomic E-state index is 4.79. The van der Waals surface area contributed by atoms with Gasteiger partial charge in [0.1, 0.15) is 0 Å². The van der Waals surface area contributed by atoms with Crippen LogP contribution in [0.15, 0.2) is 29.3 Å². The molecule has 0 bridgehead atoms. The molecular formula is C17H28N4. The van der Waals surface area contributed by atoms with Gasteiger partial charge in [0.15, 0.2) is 5.96 Å². The van der Waals surface area contributed by atoms with E-state index in [0.29, 0.717) is 0 Å². The zero-order chi connectivity index (χ0) is 15.2. The predicted octanol–water partition coefficient (Wildman–Crippen LogP) is 2.66. The van der Waals surface area contributed by atoms with Gasteiger partial charge >= 0.3 is 0 Å². The van der Waals surface area contributed by atoms with Crippen LogP contribution in [0, 0.1) is 0 Å². The molecule has 1 aromatic rings. The highest BCUT2D eigenvalue weighted by atomic mass is 15.3. The summed E-state index contributed by atoms with van der Waals surface area (Å²) in [6, 6.07) is 8.69. The van der Waals surface area contributed by atoms with Crippen molar-refractivity contribution < 1.29 is 0 Å². The lowest BCUT2D eigenvalue weighted by Crippen LogP contribution is -2.35. The van der Waals surface area contributed by atoms with Crippen LogP contribution in [0.3, 0.4) is 0 Å². The average molecular weight is 288 g/mol. The number of piperidine rings is 1. The van der Waals surface area contributed by atoms with Gasteiger partial charge in [-0.3, -0.25) is 0 Å². The van der Waals surface area contributed by atoms with E-state index >= 15 is 0 Å². The van der Waals surface area contributed by atoms with Crippen molar-refractivity contribution in [3.63, 3.8) is 0 Å². The maximum absolute atomic E-state index is 4.79. The van der Waals surface area contributed by atoms with Crippen molar-refractivity contribution in [3.8, 4) is 0 Å². The molecule has 1 saturated heterocycles. The summed E-state index contributed by atoms with van der Waals surface area (Å²) in [6.45, 7) is 3.09. The van der Waals surface area contributed by atoms with E-state index in [1.807, 2.05) is 28.2 Å². The molecule has 0 aliphatic carbocycles. The smallest absolute Gasteiger partial charge is 0.195 e. The molecule has 0 unspecified atom stereocenters. The summed E-state index contributed by atoms with van der Waals surface area (Å²) >= 11 is 0. The van der Waals surface area contributed by atoms with Crippen LogP contribution in [0.5, 0.6) is 0 Å². The second-order valence-corrected chi connectivity index (χ2v) is 6.08. The van der Waals surface area contributed by atoms with Gasteiger partial charge in [-0.1, -0.05) is 18.2 Å². The van der Waals surface area contributed by atoms with E-state index < -0.39 is 0 Å². The topological polar surface area (TPSA) is 22.1 Å². The number of hydrogen-bond donors (Lipinski definition) is 0. The van der Waals surface area contributed by atoms with Crippen molar-refractivity contribution in [3.05, 3.63) is 29.8 Å². The van der Waals surface area contributed by atoms with Crippen molar-refractivity contribution in [2.24, 2.45) is 4.99 Å². The Labute approximate surface area is 129 Å². The fourth-order valence-corrected chi connectivity index (χ4v) is 2.93. The lowest BCUT2D eigenvalue weighted by molar-refractivity contribution is 0.479. The number of para-hydroxylation sites is 1. The number of rotatable bonds is 3. The number of benzene rings is 1. The molecule has 1 fully saturated rings. The van der Waals surface area contributed by atoms with Gasteiger partial charge < -0.3 is 14.7 Å². The van der Waals surface area contributed by atoms with Crippen LogP contribution in [0.4, 0.5) is 5.69 Å². The van der Waals surface area contributed by atoms with Gasteiger partial charge in [0, 0.05) is 47.0 Å². The normalized spacial score (nSPS) is 14.8. The second-order valence-electron chi connectivity index (χ2n) is 6.08. The molecule has 0 aromatic heterocycles. The van der Waals surface area contributed by atoms with E-state index in [-0.39, 0.29) is 0 Å². The van der Waals surface area contributed by atoms with Gasteiger partial charge in [-0.2, -0.15) is 0 Å². The van der Waals surface area contributed by atoms with Gasteiger partial charge in [-0.15, -0.1) is 0 Å². The number of hydrogen-bond acceptors (Lipinski definition) is 2. The average Bonchev–Trinajstić information content (AvgIpc) is 2.48. The minimum atomic E-state index is 0.734. The molecule has 0 spiro atoms. The molecule has 4 nitrogen and oxygen atoms in total. The van der Waals surface area contributed by atoms with E-state index in [0.717, 1.165) is 12.5 Å². The SMILES string of the molecule is CN(C)C(=NCc1ccccc1N1CCCCC1)N(C)C. The molecule has 1 aliphatic heterocycles. The number of nitrogens with zero attached hydrogens (tertiary/aromatic N) is 4. The number of guanidine groups is 1. The van der Waals surface area contributed by atoms with Gasteiger partial charge in [-0.05, 0) is 30.9 Å². The molecule has 1 aliphatic rings. The van der Waals surface area contributed by atoms with Crippen LogP contribution in [0.1, 0.15) is 24.8 Å². The molecule has 2 rings (SSSR count). The van der Waals surface area contributed by atoms with Crippen molar-refractivity contribution in [1.82, 2.24) is 9.80 Å². The zero-order valence-electron chi connectivity index (χ0n) is 13.8. The zero-order valence-corrected chi connectivity index (χ0v) is 13.8. The van der Waals surface area contributed by atoms with E-state index in [1.165, 1.54) is 43.6 Å². The second kappa shape index (κ2) is 7.34. The van der Waals surface area contributed by atoms with E-state index in [9.17, 15) is 0 Å². The molecule has 0 saturated carbocycles. The van der Waals surface area contributed by atoms with Crippen LogP contribution in [0.2, 0.25) is 0 Å². The fraction of sp³-hybridized carbons (Fsp3) is 0.588. The molecule has 0 N–H and O–H groups in total. The molecule has 0 atom stereocenters. The Bertz CT molecular complexity index is 463. The van der Waals surface area contributed by atoms with Crippen molar-refractivity contribution in [2.75, 3.05) is 46.2 Å². The highest BCUT2D eigenvalue weighted by Gasteiger charge is 2.14. The molecule has 21 heavy (non-hydrogen) atoms. The molecule has 1 aromatic carbocycles. The van der Waals surface area contributed by atoms with Crippen LogP contribution in [-0.2, 0) is 6.54 Å². The van der Waals surface area contributed by atoms with E-state index in [2.05, 4.69) is 39.0 Å². The Balaban J connectivity index is 2.18. The first-order chi connectivity index (χ1) is 10.1. The van der Waals surface area contributed by atoms with Crippen molar-refractivity contribution >= 4 is 11.6 Å². The lowest BCUT2D eigenvalue weighted by atomic mass is 10.1. The summed E-state index contributed by atoms with van der Waals surface area (Å²) in [4.78, 5) is 11.4. The molecular weight excluding hydrogens is 260 g/mol. The predicted molar refractivity (Wildman–Crippen MR) is 91.0 cm³/mol. The largest absolute Gasteiger partial charge is 0.371 e. The third-order valence-electron chi connectivity index (χ3n) is 3.88.